The van der Waals surface area contributed by atoms with Crippen molar-refractivity contribution in [3.63, 3.8) is 0 Å². The number of carbonyl (C=O) groups is 2. The largest absolute Gasteiger partial charge is 0.481 e. The first-order valence-corrected chi connectivity index (χ1v) is 7.44. The lowest BCUT2D eigenvalue weighted by Crippen LogP contribution is -2.13. The molecule has 1 aliphatic rings. The van der Waals surface area contributed by atoms with E-state index < -0.39 is 12.1 Å². The molecule has 2 atom stereocenters. The summed E-state index contributed by atoms with van der Waals surface area (Å²) in [6, 6.07) is 16.7. The fourth-order valence-electron chi connectivity index (χ4n) is 2.53. The molecule has 1 amide bonds. The maximum atomic E-state index is 11.7. The third-order valence-corrected chi connectivity index (χ3v) is 3.91. The van der Waals surface area contributed by atoms with Crippen LogP contribution in [0.4, 0.5) is 10.5 Å². The van der Waals surface area contributed by atoms with Crippen LogP contribution in [0.5, 0.6) is 0 Å². The van der Waals surface area contributed by atoms with Gasteiger partial charge in [-0.25, -0.2) is 4.79 Å². The molecule has 23 heavy (non-hydrogen) atoms. The van der Waals surface area contributed by atoms with Crippen molar-refractivity contribution in [2.75, 3.05) is 5.32 Å². The first-order valence-electron chi connectivity index (χ1n) is 7.44. The predicted molar refractivity (Wildman–Crippen MR) is 85.2 cm³/mol. The Balaban J connectivity index is 1.50. The summed E-state index contributed by atoms with van der Waals surface area (Å²) in [5, 5.41) is 11.6. The minimum atomic E-state index is -0.748. The van der Waals surface area contributed by atoms with E-state index in [0.717, 1.165) is 11.1 Å². The van der Waals surface area contributed by atoms with Crippen LogP contribution in [0.15, 0.2) is 54.6 Å². The van der Waals surface area contributed by atoms with Gasteiger partial charge in [-0.15, -0.1) is 0 Å². The SMILES string of the molecule is O=C(Nc1ccc([C@H]2C[C@@H]2C(=O)O)cc1)OCc1ccccc1. The van der Waals surface area contributed by atoms with E-state index in [1.165, 1.54) is 0 Å². The first kappa shape index (κ1) is 15.1. The Hall–Kier alpha value is -2.82. The Kier molecular flexibility index (Phi) is 4.28. The smallest absolute Gasteiger partial charge is 0.411 e. The number of amides is 1. The molecule has 1 aliphatic carbocycles. The highest BCUT2D eigenvalue weighted by Gasteiger charge is 2.43. The molecule has 0 aliphatic heterocycles. The number of anilines is 1. The summed E-state index contributed by atoms with van der Waals surface area (Å²) in [4.78, 5) is 22.6. The molecule has 1 saturated carbocycles. The zero-order chi connectivity index (χ0) is 16.2. The van der Waals surface area contributed by atoms with Crippen LogP contribution in [-0.2, 0) is 16.1 Å². The molecule has 2 aromatic carbocycles. The summed E-state index contributed by atoms with van der Waals surface area (Å²) in [6.45, 7) is 0.215. The number of aliphatic carboxylic acids is 1. The summed E-state index contributed by atoms with van der Waals surface area (Å²) < 4.78 is 5.14. The van der Waals surface area contributed by atoms with Gasteiger partial charge in [-0.2, -0.15) is 0 Å². The summed E-state index contributed by atoms with van der Waals surface area (Å²) in [5.41, 5.74) is 2.53. The first-order chi connectivity index (χ1) is 11.1. The van der Waals surface area contributed by atoms with Crippen LogP contribution < -0.4 is 5.32 Å². The molecule has 3 rings (SSSR count). The van der Waals surface area contributed by atoms with Gasteiger partial charge in [-0.3, -0.25) is 10.1 Å². The number of rotatable bonds is 5. The fraction of sp³-hybridized carbons (Fsp3) is 0.222. The molecule has 0 unspecified atom stereocenters. The molecule has 5 heteroatoms. The van der Waals surface area contributed by atoms with Crippen LogP contribution in [0.2, 0.25) is 0 Å². The molecule has 0 heterocycles. The molecule has 2 N–H and O–H groups in total. The number of hydrogen-bond acceptors (Lipinski definition) is 3. The van der Waals surface area contributed by atoms with Gasteiger partial charge in [0.05, 0.1) is 5.92 Å². The molecular weight excluding hydrogens is 294 g/mol. The highest BCUT2D eigenvalue weighted by Crippen LogP contribution is 2.47. The van der Waals surface area contributed by atoms with E-state index in [9.17, 15) is 9.59 Å². The molecule has 2 aromatic rings. The van der Waals surface area contributed by atoms with Gasteiger partial charge in [-0.05, 0) is 35.6 Å². The van der Waals surface area contributed by atoms with Crippen LogP contribution in [-0.4, -0.2) is 17.2 Å². The lowest BCUT2D eigenvalue weighted by atomic mass is 10.1. The van der Waals surface area contributed by atoms with Gasteiger partial charge in [0.15, 0.2) is 0 Å². The highest BCUT2D eigenvalue weighted by molar-refractivity contribution is 5.84. The van der Waals surface area contributed by atoms with Gasteiger partial charge >= 0.3 is 12.1 Å². The van der Waals surface area contributed by atoms with Crippen molar-refractivity contribution in [2.24, 2.45) is 5.92 Å². The number of carboxylic acid groups (broad SMARTS) is 1. The zero-order valence-corrected chi connectivity index (χ0v) is 12.4. The maximum Gasteiger partial charge on any atom is 0.411 e. The van der Waals surface area contributed by atoms with E-state index in [-0.39, 0.29) is 18.4 Å². The van der Waals surface area contributed by atoms with Crippen molar-refractivity contribution in [2.45, 2.75) is 18.9 Å². The average Bonchev–Trinajstić information content (AvgIpc) is 3.36. The number of nitrogens with one attached hydrogen (secondary N) is 1. The third-order valence-electron chi connectivity index (χ3n) is 3.91. The summed E-state index contributed by atoms with van der Waals surface area (Å²) in [7, 11) is 0. The second kappa shape index (κ2) is 6.52. The van der Waals surface area contributed by atoms with Gasteiger partial charge < -0.3 is 9.84 Å². The molecular formula is C18H17NO4. The quantitative estimate of drug-likeness (QED) is 0.884. The Morgan fingerprint density at radius 3 is 2.39 bits per heavy atom. The van der Waals surface area contributed by atoms with Crippen LogP contribution in [0.25, 0.3) is 0 Å². The summed E-state index contributed by atoms with van der Waals surface area (Å²) in [6.07, 6.45) is 0.165. The number of benzene rings is 2. The number of carbonyl (C=O) groups excluding carboxylic acids is 1. The van der Waals surface area contributed by atoms with Crippen molar-refractivity contribution in [1.29, 1.82) is 0 Å². The van der Waals surface area contributed by atoms with Gasteiger partial charge in [0.1, 0.15) is 6.61 Å². The van der Waals surface area contributed by atoms with E-state index in [1.807, 2.05) is 42.5 Å². The minimum Gasteiger partial charge on any atom is -0.481 e. The van der Waals surface area contributed by atoms with E-state index in [0.29, 0.717) is 12.1 Å². The summed E-state index contributed by atoms with van der Waals surface area (Å²) >= 11 is 0. The Labute approximate surface area is 133 Å². The predicted octanol–water partition coefficient (Wildman–Crippen LogP) is 3.62. The molecule has 0 bridgehead atoms. The molecule has 1 fully saturated rings. The lowest BCUT2D eigenvalue weighted by Gasteiger charge is -2.08. The molecule has 5 nitrogen and oxygen atoms in total. The van der Waals surface area contributed by atoms with Crippen molar-refractivity contribution in [1.82, 2.24) is 0 Å². The Morgan fingerprint density at radius 2 is 1.78 bits per heavy atom. The van der Waals surface area contributed by atoms with Crippen molar-refractivity contribution >= 4 is 17.7 Å². The second-order valence-corrected chi connectivity index (χ2v) is 5.60. The van der Waals surface area contributed by atoms with E-state index >= 15 is 0 Å². The van der Waals surface area contributed by atoms with Crippen LogP contribution in [0.3, 0.4) is 0 Å². The molecule has 0 saturated heterocycles. The number of ether oxygens (including phenoxy) is 1. The number of carboxylic acids is 1. The Bertz CT molecular complexity index is 697. The maximum absolute atomic E-state index is 11.7. The van der Waals surface area contributed by atoms with Gasteiger partial charge in [-0.1, -0.05) is 42.5 Å². The standard InChI is InChI=1S/C18H17NO4/c20-17(21)16-10-15(16)13-6-8-14(9-7-13)19-18(22)23-11-12-4-2-1-3-5-12/h1-9,15-16H,10-11H2,(H,19,22)(H,20,21)/t15-,16+/m1/s1. The molecule has 0 aromatic heterocycles. The van der Waals surface area contributed by atoms with Crippen molar-refractivity contribution < 1.29 is 19.4 Å². The topological polar surface area (TPSA) is 75.6 Å². The van der Waals surface area contributed by atoms with E-state index in [4.69, 9.17) is 9.84 Å². The van der Waals surface area contributed by atoms with E-state index in [2.05, 4.69) is 5.32 Å². The molecule has 0 radical (unpaired) electrons. The van der Waals surface area contributed by atoms with E-state index in [1.54, 1.807) is 12.1 Å². The van der Waals surface area contributed by atoms with Gasteiger partial charge in [0.2, 0.25) is 0 Å². The Morgan fingerprint density at radius 1 is 1.09 bits per heavy atom. The highest BCUT2D eigenvalue weighted by atomic mass is 16.5. The van der Waals surface area contributed by atoms with Crippen LogP contribution in [0.1, 0.15) is 23.5 Å². The van der Waals surface area contributed by atoms with Gasteiger partial charge in [0.25, 0.3) is 0 Å². The molecule has 118 valence electrons. The van der Waals surface area contributed by atoms with Crippen LogP contribution in [0, 0.1) is 5.92 Å². The normalized spacial score (nSPS) is 19.0. The van der Waals surface area contributed by atoms with Crippen molar-refractivity contribution in [3.8, 4) is 0 Å². The monoisotopic (exact) mass is 311 g/mol. The second-order valence-electron chi connectivity index (χ2n) is 5.60. The zero-order valence-electron chi connectivity index (χ0n) is 12.4. The summed E-state index contributed by atoms with van der Waals surface area (Å²) in [5.74, 6) is -0.932. The fourth-order valence-corrected chi connectivity index (χ4v) is 2.53. The van der Waals surface area contributed by atoms with Crippen molar-refractivity contribution in [3.05, 3.63) is 65.7 Å². The average molecular weight is 311 g/mol. The van der Waals surface area contributed by atoms with Gasteiger partial charge in [0, 0.05) is 5.69 Å². The lowest BCUT2D eigenvalue weighted by molar-refractivity contribution is -0.138. The number of hydrogen-bond donors (Lipinski definition) is 2. The minimum absolute atomic E-state index is 0.0894. The molecule has 0 spiro atoms. The third kappa shape index (κ3) is 3.88. The van der Waals surface area contributed by atoms with Crippen LogP contribution >= 0.6 is 0 Å².